The summed E-state index contributed by atoms with van der Waals surface area (Å²) in [6.07, 6.45) is 3.50. The molecule has 13 heavy (non-hydrogen) atoms. The van der Waals surface area contributed by atoms with Crippen molar-refractivity contribution in [1.82, 2.24) is 3.11 Å². The van der Waals surface area contributed by atoms with E-state index in [4.69, 9.17) is 0 Å². The minimum atomic E-state index is 1.07. The van der Waals surface area contributed by atoms with E-state index < -0.39 is 0 Å². The maximum absolute atomic E-state index is 2.37. The first kappa shape index (κ1) is 9.21. The zero-order valence-electron chi connectivity index (χ0n) is 7.41. The van der Waals surface area contributed by atoms with Crippen LogP contribution in [0.5, 0.6) is 0 Å². The van der Waals surface area contributed by atoms with Crippen LogP contribution in [-0.4, -0.2) is 16.2 Å². The van der Waals surface area contributed by atoms with Crippen LogP contribution < -0.4 is 0 Å². The molecule has 68 valence electrons. The van der Waals surface area contributed by atoms with Crippen molar-refractivity contribution in [2.24, 2.45) is 0 Å². The second kappa shape index (κ2) is 4.24. The molecule has 0 unspecified atom stereocenters. The lowest BCUT2D eigenvalue weighted by Crippen LogP contribution is -2.17. The number of rotatable bonds is 1. The van der Waals surface area contributed by atoms with Gasteiger partial charge in [0.2, 0.25) is 0 Å². The minimum absolute atomic E-state index is 1.07. The molecule has 0 N–H and O–H groups in total. The van der Waals surface area contributed by atoms with Crippen molar-refractivity contribution in [3.63, 3.8) is 0 Å². The summed E-state index contributed by atoms with van der Waals surface area (Å²) in [6.45, 7) is 2.24. The Morgan fingerprint density at radius 2 is 1.92 bits per heavy atom. The molecule has 0 spiro atoms. The van der Waals surface area contributed by atoms with E-state index in [1.807, 2.05) is 0 Å². The molecule has 1 aromatic rings. The Morgan fingerprint density at radius 1 is 1.15 bits per heavy atom. The highest BCUT2D eigenvalue weighted by Gasteiger charge is 2.09. The maximum atomic E-state index is 2.37. The Bertz CT molecular complexity index is 305. The summed E-state index contributed by atoms with van der Waals surface area (Å²) < 4.78 is 2.31. The first-order valence-electron chi connectivity index (χ1n) is 4.51. The van der Waals surface area contributed by atoms with Crippen LogP contribution in [0.2, 0.25) is 0 Å². The second-order valence-corrected chi connectivity index (χ2v) is 4.58. The summed E-state index contributed by atoms with van der Waals surface area (Å²) in [5.41, 5.74) is 2.88. The van der Waals surface area contributed by atoms with Crippen LogP contribution in [0.25, 0.3) is 5.57 Å². The van der Waals surface area contributed by atoms with Crippen molar-refractivity contribution in [3.05, 3.63) is 42.0 Å². The highest BCUT2D eigenvalue weighted by Crippen LogP contribution is 2.22. The molecule has 1 nitrogen and oxygen atoms in total. The van der Waals surface area contributed by atoms with Gasteiger partial charge in [-0.2, -0.15) is 0 Å². The van der Waals surface area contributed by atoms with Gasteiger partial charge in [-0.25, -0.2) is 3.11 Å². The van der Waals surface area contributed by atoms with Crippen molar-refractivity contribution < 1.29 is 0 Å². The molecule has 0 aromatic heterocycles. The zero-order valence-corrected chi connectivity index (χ0v) is 9.57. The lowest BCUT2D eigenvalue weighted by molar-refractivity contribution is 0.557. The van der Waals surface area contributed by atoms with Crippen LogP contribution in [-0.2, 0) is 0 Å². The first-order valence-corrected chi connectivity index (χ1v) is 5.48. The lowest BCUT2D eigenvalue weighted by atomic mass is 10.0. The molecular weight excluding hydrogens is 273 g/mol. The van der Waals surface area contributed by atoms with Gasteiger partial charge < -0.3 is 0 Å². The van der Waals surface area contributed by atoms with E-state index in [-0.39, 0.29) is 0 Å². The second-order valence-electron chi connectivity index (χ2n) is 3.21. The van der Waals surface area contributed by atoms with Gasteiger partial charge in [-0.1, -0.05) is 36.4 Å². The van der Waals surface area contributed by atoms with Gasteiger partial charge in [-0.05, 0) is 17.6 Å². The largest absolute Gasteiger partial charge is 0.243 e. The third-order valence-corrected chi connectivity index (χ3v) is 3.18. The average molecular weight is 285 g/mol. The Kier molecular flexibility index (Phi) is 3.01. The fourth-order valence-corrected chi connectivity index (χ4v) is 2.00. The number of benzene rings is 1. The highest BCUT2D eigenvalue weighted by atomic mass is 127. The monoisotopic (exact) mass is 285 g/mol. The van der Waals surface area contributed by atoms with Crippen LogP contribution >= 0.6 is 22.9 Å². The van der Waals surface area contributed by atoms with Crippen LogP contribution in [0.15, 0.2) is 36.4 Å². The smallest absolute Gasteiger partial charge is 0.0268 e. The molecule has 0 aliphatic carbocycles. The minimum Gasteiger partial charge on any atom is -0.243 e. The third kappa shape index (κ3) is 2.31. The summed E-state index contributed by atoms with van der Waals surface area (Å²) >= 11 is 2.37. The van der Waals surface area contributed by atoms with Crippen LogP contribution in [0.1, 0.15) is 12.0 Å². The molecule has 0 atom stereocenters. The first-order chi connectivity index (χ1) is 6.36. The highest BCUT2D eigenvalue weighted by molar-refractivity contribution is 14.1. The molecule has 2 heteroatoms. The Hall–Kier alpha value is -0.350. The Labute approximate surface area is 92.9 Å². The number of halogens is 1. The summed E-state index contributed by atoms with van der Waals surface area (Å²) in [5, 5.41) is 0. The van der Waals surface area contributed by atoms with Gasteiger partial charge in [0.1, 0.15) is 0 Å². The molecule has 0 saturated heterocycles. The number of hydrogen-bond donors (Lipinski definition) is 0. The quantitative estimate of drug-likeness (QED) is 0.566. The van der Waals surface area contributed by atoms with Crippen molar-refractivity contribution in [2.75, 3.05) is 13.1 Å². The number of hydrogen-bond acceptors (Lipinski definition) is 1. The van der Waals surface area contributed by atoms with Gasteiger partial charge in [0.15, 0.2) is 0 Å². The van der Waals surface area contributed by atoms with E-state index in [0.29, 0.717) is 0 Å². The van der Waals surface area contributed by atoms with E-state index in [9.17, 15) is 0 Å². The lowest BCUT2D eigenvalue weighted by Gasteiger charge is -2.20. The fraction of sp³-hybridized carbons (Fsp3) is 0.273. The van der Waals surface area contributed by atoms with Gasteiger partial charge in [0, 0.05) is 36.0 Å². The molecule has 0 radical (unpaired) electrons. The van der Waals surface area contributed by atoms with Gasteiger partial charge >= 0.3 is 0 Å². The van der Waals surface area contributed by atoms with Crippen molar-refractivity contribution in [1.29, 1.82) is 0 Å². The summed E-state index contributed by atoms with van der Waals surface area (Å²) in [5.74, 6) is 0. The van der Waals surface area contributed by atoms with E-state index in [1.54, 1.807) is 0 Å². The van der Waals surface area contributed by atoms with Gasteiger partial charge in [-0.3, -0.25) is 0 Å². The van der Waals surface area contributed by atoms with Crippen molar-refractivity contribution in [2.45, 2.75) is 6.42 Å². The molecule has 0 fully saturated rings. The standard InChI is InChI=1S/C11H12IN/c12-13-8-6-11(7-9-13)10-4-2-1-3-5-10/h1-6H,7-9H2. The number of nitrogens with zero attached hydrogens (tertiary/aromatic N) is 1. The molecule has 0 bridgehead atoms. The average Bonchev–Trinajstić information content (AvgIpc) is 2.20. The predicted octanol–water partition coefficient (Wildman–Crippen LogP) is 3.13. The molecular formula is C11H12IN. The zero-order chi connectivity index (χ0) is 9.10. The van der Waals surface area contributed by atoms with E-state index in [1.165, 1.54) is 24.1 Å². The van der Waals surface area contributed by atoms with Crippen LogP contribution in [0.4, 0.5) is 0 Å². The van der Waals surface area contributed by atoms with Crippen molar-refractivity contribution >= 4 is 28.4 Å². The molecule has 1 heterocycles. The maximum Gasteiger partial charge on any atom is 0.0268 e. The van der Waals surface area contributed by atoms with E-state index >= 15 is 0 Å². The third-order valence-electron chi connectivity index (χ3n) is 2.30. The summed E-state index contributed by atoms with van der Waals surface area (Å²) in [4.78, 5) is 0. The van der Waals surface area contributed by atoms with E-state index in [0.717, 1.165) is 6.54 Å². The molecule has 0 saturated carbocycles. The topological polar surface area (TPSA) is 3.24 Å². The summed E-state index contributed by atoms with van der Waals surface area (Å²) in [7, 11) is 0. The molecule has 1 aliphatic rings. The van der Waals surface area contributed by atoms with Gasteiger partial charge in [-0.15, -0.1) is 0 Å². The normalized spacial score (nSPS) is 18.4. The Morgan fingerprint density at radius 3 is 2.54 bits per heavy atom. The Balaban J connectivity index is 2.19. The predicted molar refractivity (Wildman–Crippen MR) is 64.6 cm³/mol. The van der Waals surface area contributed by atoms with E-state index in [2.05, 4.69) is 62.4 Å². The molecule has 0 amide bonds. The summed E-state index contributed by atoms with van der Waals surface area (Å²) in [6, 6.07) is 10.7. The van der Waals surface area contributed by atoms with Crippen LogP contribution in [0, 0.1) is 0 Å². The SMILES string of the molecule is IN1CC=C(c2ccccc2)CC1. The van der Waals surface area contributed by atoms with Crippen molar-refractivity contribution in [3.8, 4) is 0 Å². The molecule has 2 rings (SSSR count). The molecule has 1 aromatic carbocycles. The fourth-order valence-electron chi connectivity index (χ4n) is 1.56. The van der Waals surface area contributed by atoms with Crippen LogP contribution in [0.3, 0.4) is 0 Å². The molecule has 1 aliphatic heterocycles. The van der Waals surface area contributed by atoms with Gasteiger partial charge in [0.25, 0.3) is 0 Å². The van der Waals surface area contributed by atoms with Gasteiger partial charge in [0.05, 0.1) is 0 Å².